The smallest absolute Gasteiger partial charge is 0.329 e. The van der Waals surface area contributed by atoms with Crippen LogP contribution in [0.5, 0.6) is 0 Å². The van der Waals surface area contributed by atoms with Gasteiger partial charge >= 0.3 is 5.97 Å². The van der Waals surface area contributed by atoms with E-state index in [0.29, 0.717) is 21.8 Å². The molecule has 158 valence electrons. The number of anilines is 1. The monoisotopic (exact) mass is 435 g/mol. The van der Waals surface area contributed by atoms with Crippen molar-refractivity contribution in [3.8, 4) is 0 Å². The first-order valence-corrected chi connectivity index (χ1v) is 10.2. The number of nitrogens with one attached hydrogen (secondary N) is 1. The van der Waals surface area contributed by atoms with E-state index in [0.717, 1.165) is 5.56 Å². The van der Waals surface area contributed by atoms with Crippen molar-refractivity contribution in [1.82, 2.24) is 0 Å². The molecule has 0 saturated heterocycles. The van der Waals surface area contributed by atoms with Crippen molar-refractivity contribution in [3.05, 3.63) is 101 Å². The number of esters is 1. The Morgan fingerprint density at radius 2 is 1.45 bits per heavy atom. The number of ether oxygens (including phenoxy) is 1. The topological polar surface area (TPSA) is 72.5 Å². The molecule has 31 heavy (non-hydrogen) atoms. The fourth-order valence-corrected chi connectivity index (χ4v) is 3.13. The lowest BCUT2D eigenvalue weighted by molar-refractivity contribution is -0.143. The zero-order valence-electron chi connectivity index (χ0n) is 17.0. The van der Waals surface area contributed by atoms with Crippen LogP contribution in [-0.4, -0.2) is 30.2 Å². The standard InChI is InChI=1S/C25H22ClNO4/c1-17-12-13-20(14-21(17)26)27-22(15-23(28)18-8-4-2-5-9-18)25(30)31-16-24(29)19-10-6-3-7-11-19/h2-14,22,27H,15-16H2,1H3/t22-/m1/s1. The lowest BCUT2D eigenvalue weighted by Crippen LogP contribution is -2.34. The predicted molar refractivity (Wildman–Crippen MR) is 121 cm³/mol. The number of Topliss-reactive ketones (excluding diaryl/α,β-unsaturated/α-hetero) is 2. The van der Waals surface area contributed by atoms with Crippen LogP contribution in [0.1, 0.15) is 32.7 Å². The number of carbonyl (C=O) groups excluding carboxylic acids is 3. The summed E-state index contributed by atoms with van der Waals surface area (Å²) in [7, 11) is 0. The molecule has 6 heteroatoms. The van der Waals surface area contributed by atoms with Gasteiger partial charge in [-0.25, -0.2) is 4.79 Å². The number of benzene rings is 3. The molecule has 0 aliphatic heterocycles. The van der Waals surface area contributed by atoms with Gasteiger partial charge in [0.25, 0.3) is 0 Å². The summed E-state index contributed by atoms with van der Waals surface area (Å²) in [5, 5.41) is 3.55. The number of rotatable bonds is 9. The minimum Gasteiger partial charge on any atom is -0.456 e. The summed E-state index contributed by atoms with van der Waals surface area (Å²) in [4.78, 5) is 37.7. The number of carbonyl (C=O) groups is 3. The SMILES string of the molecule is Cc1ccc(N[C@H](CC(=O)c2ccccc2)C(=O)OCC(=O)c2ccccc2)cc1Cl. The van der Waals surface area contributed by atoms with Crippen molar-refractivity contribution >= 4 is 34.8 Å². The van der Waals surface area contributed by atoms with Gasteiger partial charge in [-0.05, 0) is 24.6 Å². The molecule has 3 aromatic rings. The van der Waals surface area contributed by atoms with Crippen LogP contribution in [0.3, 0.4) is 0 Å². The Morgan fingerprint density at radius 3 is 2.03 bits per heavy atom. The third kappa shape index (κ3) is 6.27. The largest absolute Gasteiger partial charge is 0.456 e. The van der Waals surface area contributed by atoms with E-state index in [-0.39, 0.29) is 18.0 Å². The number of ketones is 2. The molecule has 0 aromatic heterocycles. The highest BCUT2D eigenvalue weighted by molar-refractivity contribution is 6.31. The molecular formula is C25H22ClNO4. The van der Waals surface area contributed by atoms with Crippen molar-refractivity contribution < 1.29 is 19.1 Å². The maximum absolute atomic E-state index is 12.8. The van der Waals surface area contributed by atoms with Crippen LogP contribution in [-0.2, 0) is 9.53 Å². The van der Waals surface area contributed by atoms with Crippen molar-refractivity contribution in [2.24, 2.45) is 0 Å². The maximum atomic E-state index is 12.8. The van der Waals surface area contributed by atoms with Gasteiger partial charge in [0.1, 0.15) is 6.04 Å². The molecule has 0 amide bonds. The molecule has 5 nitrogen and oxygen atoms in total. The van der Waals surface area contributed by atoms with Gasteiger partial charge in [-0.15, -0.1) is 0 Å². The summed E-state index contributed by atoms with van der Waals surface area (Å²) in [6, 6.07) is 21.5. The quantitative estimate of drug-likeness (QED) is 0.372. The Kier molecular flexibility index (Phi) is 7.57. The summed E-state index contributed by atoms with van der Waals surface area (Å²) < 4.78 is 5.25. The van der Waals surface area contributed by atoms with Crippen molar-refractivity contribution in [2.45, 2.75) is 19.4 Å². The summed E-state index contributed by atoms with van der Waals surface area (Å²) in [6.45, 7) is 1.46. The van der Waals surface area contributed by atoms with Gasteiger partial charge in [-0.2, -0.15) is 0 Å². The Bertz CT molecular complexity index is 1070. The molecule has 0 bridgehead atoms. The van der Waals surface area contributed by atoms with Gasteiger partial charge in [0.2, 0.25) is 0 Å². The molecule has 0 saturated carbocycles. The second-order valence-corrected chi connectivity index (χ2v) is 7.46. The minimum atomic E-state index is -0.977. The van der Waals surface area contributed by atoms with Crippen molar-refractivity contribution in [2.75, 3.05) is 11.9 Å². The summed E-state index contributed by atoms with van der Waals surface area (Å²) in [5.41, 5.74) is 2.41. The Labute approximate surface area is 186 Å². The fourth-order valence-electron chi connectivity index (χ4n) is 2.95. The van der Waals surface area contributed by atoms with E-state index in [9.17, 15) is 14.4 Å². The average molecular weight is 436 g/mol. The lowest BCUT2D eigenvalue weighted by atomic mass is 10.0. The van der Waals surface area contributed by atoms with Crippen LogP contribution in [0.15, 0.2) is 78.9 Å². The third-order valence-electron chi connectivity index (χ3n) is 4.72. The van der Waals surface area contributed by atoms with E-state index in [4.69, 9.17) is 16.3 Å². The summed E-state index contributed by atoms with van der Waals surface area (Å²) in [6.07, 6.45) is -0.131. The summed E-state index contributed by atoms with van der Waals surface area (Å²) in [5.74, 6) is -1.23. The second-order valence-electron chi connectivity index (χ2n) is 7.05. The molecule has 0 unspecified atom stereocenters. The number of hydrogen-bond donors (Lipinski definition) is 1. The van der Waals surface area contributed by atoms with Gasteiger partial charge in [-0.1, -0.05) is 78.3 Å². The Hall–Kier alpha value is -3.44. The lowest BCUT2D eigenvalue weighted by Gasteiger charge is -2.19. The first kappa shape index (κ1) is 22.2. The third-order valence-corrected chi connectivity index (χ3v) is 5.13. The minimum absolute atomic E-state index is 0.131. The molecule has 1 atom stereocenters. The average Bonchev–Trinajstić information content (AvgIpc) is 2.80. The Morgan fingerprint density at radius 1 is 0.871 bits per heavy atom. The molecule has 3 rings (SSSR count). The number of aryl methyl sites for hydroxylation is 1. The van der Waals surface area contributed by atoms with E-state index >= 15 is 0 Å². The zero-order valence-corrected chi connectivity index (χ0v) is 17.8. The molecule has 0 heterocycles. The molecule has 0 aliphatic rings. The highest BCUT2D eigenvalue weighted by Gasteiger charge is 2.25. The highest BCUT2D eigenvalue weighted by atomic mass is 35.5. The van der Waals surface area contributed by atoms with Crippen molar-refractivity contribution in [1.29, 1.82) is 0 Å². The van der Waals surface area contributed by atoms with E-state index in [1.807, 2.05) is 19.1 Å². The first-order valence-electron chi connectivity index (χ1n) is 9.80. The number of hydrogen-bond acceptors (Lipinski definition) is 5. The van der Waals surface area contributed by atoms with Gasteiger partial charge in [0.15, 0.2) is 18.2 Å². The molecular weight excluding hydrogens is 414 g/mol. The van der Waals surface area contributed by atoms with E-state index in [1.165, 1.54) is 0 Å². The Balaban J connectivity index is 1.73. The fraction of sp³-hybridized carbons (Fsp3) is 0.160. The normalized spacial score (nSPS) is 11.4. The van der Waals surface area contributed by atoms with Gasteiger partial charge in [-0.3, -0.25) is 9.59 Å². The van der Waals surface area contributed by atoms with Crippen LogP contribution >= 0.6 is 11.6 Å². The van der Waals surface area contributed by atoms with Crippen LogP contribution in [0.2, 0.25) is 5.02 Å². The summed E-state index contributed by atoms with van der Waals surface area (Å²) >= 11 is 6.18. The molecule has 0 aliphatic carbocycles. The van der Waals surface area contributed by atoms with Gasteiger partial charge in [0.05, 0.1) is 0 Å². The maximum Gasteiger partial charge on any atom is 0.329 e. The van der Waals surface area contributed by atoms with Crippen LogP contribution < -0.4 is 5.32 Å². The van der Waals surface area contributed by atoms with Crippen LogP contribution in [0, 0.1) is 6.92 Å². The number of halogens is 1. The van der Waals surface area contributed by atoms with E-state index < -0.39 is 18.6 Å². The zero-order chi connectivity index (χ0) is 22.2. The van der Waals surface area contributed by atoms with E-state index in [1.54, 1.807) is 66.7 Å². The van der Waals surface area contributed by atoms with Crippen LogP contribution in [0.25, 0.3) is 0 Å². The van der Waals surface area contributed by atoms with Crippen molar-refractivity contribution in [3.63, 3.8) is 0 Å². The van der Waals surface area contributed by atoms with Crippen LogP contribution in [0.4, 0.5) is 5.69 Å². The van der Waals surface area contributed by atoms with Gasteiger partial charge in [0, 0.05) is 28.3 Å². The molecule has 0 fully saturated rings. The first-order chi connectivity index (χ1) is 14.9. The molecule has 1 N–H and O–H groups in total. The van der Waals surface area contributed by atoms with E-state index in [2.05, 4.69) is 5.32 Å². The second kappa shape index (κ2) is 10.5. The molecule has 0 radical (unpaired) electrons. The predicted octanol–water partition coefficient (Wildman–Crippen LogP) is 5.13. The molecule has 0 spiro atoms. The highest BCUT2D eigenvalue weighted by Crippen LogP contribution is 2.22. The molecule has 3 aromatic carbocycles. The van der Waals surface area contributed by atoms with Gasteiger partial charge < -0.3 is 10.1 Å².